The van der Waals surface area contributed by atoms with Gasteiger partial charge in [-0.15, -0.1) is 24.8 Å². The minimum Gasteiger partial charge on any atom is -0.426 e. The molecule has 0 unspecified atom stereocenters. The Labute approximate surface area is 217 Å². The van der Waals surface area contributed by atoms with E-state index >= 15 is 0 Å². The van der Waals surface area contributed by atoms with E-state index in [4.69, 9.17) is 17.2 Å². The zero-order chi connectivity index (χ0) is 24.2. The van der Waals surface area contributed by atoms with E-state index in [0.717, 1.165) is 11.1 Å². The van der Waals surface area contributed by atoms with Gasteiger partial charge in [0, 0.05) is 25.1 Å². The largest absolute Gasteiger partial charge is 0.475 e. The van der Waals surface area contributed by atoms with E-state index in [1.807, 2.05) is 24.3 Å². The first-order valence-corrected chi connectivity index (χ1v) is 10.7. The molecule has 0 aliphatic carbocycles. The predicted octanol–water partition coefficient (Wildman–Crippen LogP) is -0.120. The summed E-state index contributed by atoms with van der Waals surface area (Å²) in [5.41, 5.74) is 18.4. The van der Waals surface area contributed by atoms with Gasteiger partial charge >= 0.3 is 7.12 Å². The van der Waals surface area contributed by atoms with Crippen LogP contribution in [0, 0.1) is 0 Å². The third-order valence-corrected chi connectivity index (χ3v) is 5.01. The zero-order valence-electron chi connectivity index (χ0n) is 19.2. The number of guanidine groups is 1. The molecule has 10 N–H and O–H groups in total. The van der Waals surface area contributed by atoms with Crippen molar-refractivity contribution in [3.05, 3.63) is 71.3 Å². The Kier molecular flexibility index (Phi) is 15.4. The second kappa shape index (κ2) is 16.7. The van der Waals surface area contributed by atoms with E-state index in [-0.39, 0.29) is 50.2 Å². The van der Waals surface area contributed by atoms with Gasteiger partial charge in [0.25, 0.3) is 5.91 Å². The first kappa shape index (κ1) is 32.2. The summed E-state index contributed by atoms with van der Waals surface area (Å²) >= 11 is 0. The summed E-state index contributed by atoms with van der Waals surface area (Å²) in [6.07, 6.45) is 0.851. The van der Waals surface area contributed by atoms with Crippen LogP contribution in [0.1, 0.15) is 34.3 Å². The van der Waals surface area contributed by atoms with Crippen LogP contribution in [0.2, 0.25) is 0 Å². The molecule has 2 atom stereocenters. The second-order valence-electron chi connectivity index (χ2n) is 7.59. The molecule has 0 fully saturated rings. The predicted molar refractivity (Wildman–Crippen MR) is 142 cm³/mol. The Morgan fingerprint density at radius 3 is 2.09 bits per heavy atom. The number of hydrogen-bond donors (Lipinski definition) is 7. The number of halogens is 2. The molecule has 0 aliphatic rings. The average molecular weight is 527 g/mol. The van der Waals surface area contributed by atoms with Gasteiger partial charge in [-0.2, -0.15) is 0 Å². The molecule has 0 saturated carbocycles. The number of nitrogens with one attached hydrogen (secondary N) is 2. The summed E-state index contributed by atoms with van der Waals surface area (Å²) in [6.45, 7) is 0.675. The van der Waals surface area contributed by atoms with Crippen molar-refractivity contribution in [3.63, 3.8) is 0 Å². The average Bonchev–Trinajstić information content (AvgIpc) is 2.81. The molecule has 0 radical (unpaired) electrons. The molecule has 2 aromatic carbocycles. The minimum absolute atomic E-state index is 0. The topological polar surface area (TPSA) is 189 Å². The van der Waals surface area contributed by atoms with Gasteiger partial charge < -0.3 is 37.9 Å². The highest BCUT2D eigenvalue weighted by molar-refractivity contribution is 6.43. The third kappa shape index (κ3) is 11.4. The van der Waals surface area contributed by atoms with Crippen LogP contribution < -0.4 is 27.8 Å². The molecular formula is C22H33BCl2N6O4. The van der Waals surface area contributed by atoms with Gasteiger partial charge in [0.1, 0.15) is 6.04 Å². The van der Waals surface area contributed by atoms with E-state index in [1.165, 1.54) is 0 Å². The third-order valence-electron chi connectivity index (χ3n) is 5.01. The molecule has 13 heteroatoms. The van der Waals surface area contributed by atoms with Crippen LogP contribution in [0.5, 0.6) is 0 Å². The summed E-state index contributed by atoms with van der Waals surface area (Å²) in [4.78, 5) is 29.6. The fraction of sp³-hybridized carbons (Fsp3) is 0.318. The summed E-state index contributed by atoms with van der Waals surface area (Å²) in [7, 11) is -1.79. The molecule has 0 bridgehead atoms. The molecule has 0 aliphatic heterocycles. The standard InChI is InChI=1S/C22H31BN6O4.2ClH/c24-14-16-10-8-15(9-11-16)13-18(28-20(30)17-5-2-1-3-6-17)21(31)29-19(23(32)33)7-4-12-27-22(25)26;;/h1-3,5-6,8-11,18-19,32-33H,4,7,12-14,24H2,(H,28,30)(H,29,31)(H4,25,26,27);2*1H/t18-,19-;;/m0../s1. The van der Waals surface area contributed by atoms with Crippen molar-refractivity contribution in [3.8, 4) is 0 Å². The summed E-state index contributed by atoms with van der Waals surface area (Å²) < 4.78 is 0. The van der Waals surface area contributed by atoms with Crippen LogP contribution in [0.4, 0.5) is 0 Å². The lowest BCUT2D eigenvalue weighted by atomic mass is 9.76. The smallest absolute Gasteiger partial charge is 0.426 e. The van der Waals surface area contributed by atoms with Gasteiger partial charge in [0.15, 0.2) is 5.96 Å². The maximum atomic E-state index is 13.1. The van der Waals surface area contributed by atoms with Gasteiger partial charge in [-0.05, 0) is 36.1 Å². The van der Waals surface area contributed by atoms with Crippen molar-refractivity contribution in [2.75, 3.05) is 6.54 Å². The molecule has 0 spiro atoms. The van der Waals surface area contributed by atoms with Crippen molar-refractivity contribution in [2.24, 2.45) is 22.2 Å². The molecule has 2 amide bonds. The molecule has 0 heterocycles. The Morgan fingerprint density at radius 1 is 0.943 bits per heavy atom. The second-order valence-corrected chi connectivity index (χ2v) is 7.59. The number of carbonyl (C=O) groups excluding carboxylic acids is 2. The molecular weight excluding hydrogens is 494 g/mol. The van der Waals surface area contributed by atoms with Crippen LogP contribution in [0.3, 0.4) is 0 Å². The van der Waals surface area contributed by atoms with Crippen LogP contribution in [0.25, 0.3) is 0 Å². The van der Waals surface area contributed by atoms with Gasteiger partial charge in [0.05, 0.1) is 5.94 Å². The number of hydrogen-bond acceptors (Lipinski definition) is 6. The first-order valence-electron chi connectivity index (χ1n) is 10.7. The van der Waals surface area contributed by atoms with Crippen molar-refractivity contribution < 1.29 is 19.6 Å². The summed E-state index contributed by atoms with van der Waals surface area (Å²) in [6, 6.07) is 15.0. The van der Waals surface area contributed by atoms with E-state index in [9.17, 15) is 19.6 Å². The Bertz CT molecular complexity index is 931. The zero-order valence-corrected chi connectivity index (χ0v) is 20.8. The Balaban J connectivity index is 0.00000578. The minimum atomic E-state index is -1.79. The van der Waals surface area contributed by atoms with Gasteiger partial charge in [0.2, 0.25) is 5.91 Å². The monoisotopic (exact) mass is 526 g/mol. The van der Waals surface area contributed by atoms with Gasteiger partial charge in [-0.1, -0.05) is 42.5 Å². The normalized spacial score (nSPS) is 11.6. The number of rotatable bonds is 12. The highest BCUT2D eigenvalue weighted by Gasteiger charge is 2.29. The van der Waals surface area contributed by atoms with Crippen molar-refractivity contribution >= 4 is 49.7 Å². The van der Waals surface area contributed by atoms with Gasteiger partial charge in [-0.3, -0.25) is 14.6 Å². The number of nitrogens with two attached hydrogens (primary N) is 3. The Hall–Kier alpha value is -2.83. The van der Waals surface area contributed by atoms with E-state index in [1.54, 1.807) is 30.3 Å². The van der Waals surface area contributed by atoms with Crippen molar-refractivity contribution in [1.29, 1.82) is 0 Å². The molecule has 2 aromatic rings. The lowest BCUT2D eigenvalue weighted by molar-refractivity contribution is -0.123. The summed E-state index contributed by atoms with van der Waals surface area (Å²) in [5.74, 6) is -1.97. The molecule has 0 aromatic heterocycles. The van der Waals surface area contributed by atoms with Crippen molar-refractivity contribution in [1.82, 2.24) is 10.6 Å². The van der Waals surface area contributed by atoms with Gasteiger partial charge in [-0.25, -0.2) is 0 Å². The highest BCUT2D eigenvalue weighted by Crippen LogP contribution is 2.09. The quantitative estimate of drug-likeness (QED) is 0.0867. The van der Waals surface area contributed by atoms with Crippen LogP contribution in [0.15, 0.2) is 59.6 Å². The number of nitrogens with zero attached hydrogens (tertiary/aromatic N) is 1. The molecule has 192 valence electrons. The highest BCUT2D eigenvalue weighted by atomic mass is 35.5. The van der Waals surface area contributed by atoms with Crippen LogP contribution >= 0.6 is 24.8 Å². The molecule has 2 rings (SSSR count). The first-order chi connectivity index (χ1) is 15.8. The fourth-order valence-electron chi connectivity index (χ4n) is 3.19. The molecule has 0 saturated heterocycles. The van der Waals surface area contributed by atoms with Crippen LogP contribution in [-0.4, -0.2) is 53.5 Å². The fourth-order valence-corrected chi connectivity index (χ4v) is 3.19. The van der Waals surface area contributed by atoms with Crippen molar-refractivity contribution in [2.45, 2.75) is 37.8 Å². The van der Waals surface area contributed by atoms with E-state index in [2.05, 4.69) is 15.6 Å². The maximum Gasteiger partial charge on any atom is 0.475 e. The number of aliphatic imine (C=N–C) groups is 1. The van der Waals surface area contributed by atoms with Crippen LogP contribution in [-0.2, 0) is 17.8 Å². The number of carbonyl (C=O) groups is 2. The lowest BCUT2D eigenvalue weighted by Gasteiger charge is -2.23. The number of benzene rings is 2. The Morgan fingerprint density at radius 2 is 1.54 bits per heavy atom. The molecule has 10 nitrogen and oxygen atoms in total. The molecule has 35 heavy (non-hydrogen) atoms. The van der Waals surface area contributed by atoms with E-state index < -0.39 is 30.9 Å². The van der Waals surface area contributed by atoms with E-state index in [0.29, 0.717) is 18.5 Å². The maximum absolute atomic E-state index is 13.1. The lowest BCUT2D eigenvalue weighted by Crippen LogP contribution is -2.54. The summed E-state index contributed by atoms with van der Waals surface area (Å²) in [5, 5.41) is 24.8. The number of amides is 2. The SMILES string of the molecule is Cl.Cl.NCc1ccc(C[C@H](NC(=O)c2ccccc2)C(=O)N[C@@H](CCCN=C(N)N)B(O)O)cc1.